The molecule has 1 spiro atoms. The number of hydrogen-bond donors (Lipinski definition) is 1. The van der Waals surface area contributed by atoms with Gasteiger partial charge in [-0.05, 0) is 56.5 Å². The highest BCUT2D eigenvalue weighted by Crippen LogP contribution is 2.43. The molecule has 4 aliphatic heterocycles. The highest BCUT2D eigenvalue weighted by Gasteiger charge is 2.49. The van der Waals surface area contributed by atoms with E-state index in [-0.39, 0.29) is 36.5 Å². The van der Waals surface area contributed by atoms with E-state index in [1.807, 2.05) is 13.0 Å². The van der Waals surface area contributed by atoms with Crippen LogP contribution in [-0.4, -0.2) is 65.5 Å². The van der Waals surface area contributed by atoms with Crippen molar-refractivity contribution in [2.75, 3.05) is 32.8 Å². The van der Waals surface area contributed by atoms with E-state index in [1.165, 1.54) is 6.08 Å². The number of carbonyl (C=O) groups is 3. The van der Waals surface area contributed by atoms with Crippen LogP contribution < -0.4 is 0 Å². The molecule has 31 heavy (non-hydrogen) atoms. The van der Waals surface area contributed by atoms with Gasteiger partial charge >= 0.3 is 11.9 Å². The zero-order valence-corrected chi connectivity index (χ0v) is 17.6. The number of hydrogen-bond acceptors (Lipinski definition) is 7. The van der Waals surface area contributed by atoms with Crippen LogP contribution in [-0.2, 0) is 25.7 Å². The second-order valence-electron chi connectivity index (χ2n) is 8.93. The lowest BCUT2D eigenvalue weighted by atomic mass is 9.77. The summed E-state index contributed by atoms with van der Waals surface area (Å²) in [6.45, 7) is 4.93. The van der Waals surface area contributed by atoms with Crippen molar-refractivity contribution < 1.29 is 29.0 Å². The zero-order valence-electron chi connectivity index (χ0n) is 17.6. The van der Waals surface area contributed by atoms with Crippen molar-refractivity contribution in [2.24, 2.45) is 5.41 Å². The fourth-order valence-electron chi connectivity index (χ4n) is 5.31. The van der Waals surface area contributed by atoms with E-state index in [0.717, 1.165) is 49.0 Å². The maximum atomic E-state index is 13.1. The van der Waals surface area contributed by atoms with E-state index in [4.69, 9.17) is 9.47 Å². The standard InChI is InChI=1S/C23H26N2O6/c1-14-16(2-3-17-18(14)13-31-21(17)28)19(26)11-24-7-4-23(5-8-24)6-9-25(22(23)29)15-10-20(27)30-12-15/h2-3,10,19,26H,4-9,11-13H2,1H3. The van der Waals surface area contributed by atoms with Gasteiger partial charge in [0.05, 0.1) is 22.8 Å². The summed E-state index contributed by atoms with van der Waals surface area (Å²) in [5.74, 6) is -0.596. The summed E-state index contributed by atoms with van der Waals surface area (Å²) in [5, 5.41) is 10.9. The number of piperidine rings is 1. The number of rotatable bonds is 4. The second kappa shape index (κ2) is 7.46. The number of β-amino-alcohol motifs (C(OH)–C–C–N with tert-alkyl or cyclic N) is 1. The third kappa shape index (κ3) is 3.34. The Hall–Kier alpha value is -2.71. The summed E-state index contributed by atoms with van der Waals surface area (Å²) in [6.07, 6.45) is 3.01. The summed E-state index contributed by atoms with van der Waals surface area (Å²) in [5.41, 5.74) is 3.46. The molecule has 1 atom stereocenters. The van der Waals surface area contributed by atoms with Gasteiger partial charge in [0, 0.05) is 24.7 Å². The van der Waals surface area contributed by atoms with Gasteiger partial charge in [-0.15, -0.1) is 0 Å². The van der Waals surface area contributed by atoms with Crippen molar-refractivity contribution in [3.63, 3.8) is 0 Å². The quantitative estimate of drug-likeness (QED) is 0.728. The molecule has 0 aliphatic carbocycles. The van der Waals surface area contributed by atoms with Crippen molar-refractivity contribution in [1.82, 2.24) is 9.80 Å². The maximum absolute atomic E-state index is 13.1. The van der Waals surface area contributed by atoms with Crippen molar-refractivity contribution in [3.05, 3.63) is 46.2 Å². The van der Waals surface area contributed by atoms with E-state index >= 15 is 0 Å². The molecule has 1 N–H and O–H groups in total. The third-order valence-corrected chi connectivity index (χ3v) is 7.32. The second-order valence-corrected chi connectivity index (χ2v) is 8.93. The lowest BCUT2D eigenvalue weighted by molar-refractivity contribution is -0.138. The van der Waals surface area contributed by atoms with Crippen molar-refractivity contribution in [3.8, 4) is 0 Å². The summed E-state index contributed by atoms with van der Waals surface area (Å²) in [6, 6.07) is 3.55. The number of amides is 1. The van der Waals surface area contributed by atoms with E-state index in [0.29, 0.717) is 24.4 Å². The topological polar surface area (TPSA) is 96.4 Å². The van der Waals surface area contributed by atoms with Crippen LogP contribution in [0.1, 0.15) is 52.4 Å². The van der Waals surface area contributed by atoms with E-state index in [1.54, 1.807) is 11.0 Å². The molecule has 2 fully saturated rings. The molecule has 1 unspecified atom stereocenters. The molecule has 164 valence electrons. The first-order chi connectivity index (χ1) is 14.9. The Balaban J connectivity index is 1.22. The van der Waals surface area contributed by atoms with E-state index < -0.39 is 6.10 Å². The molecule has 1 amide bonds. The molecular weight excluding hydrogens is 400 g/mol. The Bertz CT molecular complexity index is 992. The van der Waals surface area contributed by atoms with Gasteiger partial charge in [0.15, 0.2) is 0 Å². The monoisotopic (exact) mass is 426 g/mol. The Morgan fingerprint density at radius 2 is 1.81 bits per heavy atom. The fraction of sp³-hybridized carbons (Fsp3) is 0.522. The van der Waals surface area contributed by atoms with E-state index in [2.05, 4.69) is 4.90 Å². The van der Waals surface area contributed by atoms with Gasteiger partial charge in [0.1, 0.15) is 13.2 Å². The Morgan fingerprint density at radius 3 is 2.52 bits per heavy atom. The highest BCUT2D eigenvalue weighted by molar-refractivity contribution is 5.94. The fourth-order valence-corrected chi connectivity index (χ4v) is 5.31. The number of esters is 2. The van der Waals surface area contributed by atoms with E-state index in [9.17, 15) is 19.5 Å². The number of benzene rings is 1. The molecule has 4 aliphatic rings. The van der Waals surface area contributed by atoms with Gasteiger partial charge in [-0.2, -0.15) is 0 Å². The molecule has 4 heterocycles. The first-order valence-electron chi connectivity index (χ1n) is 10.8. The largest absolute Gasteiger partial charge is 0.457 e. The van der Waals surface area contributed by atoms with Gasteiger partial charge in [-0.1, -0.05) is 6.07 Å². The van der Waals surface area contributed by atoms with Crippen LogP contribution in [0.4, 0.5) is 0 Å². The first-order valence-corrected chi connectivity index (χ1v) is 10.8. The normalized spacial score (nSPS) is 23.7. The van der Waals surface area contributed by atoms with Crippen LogP contribution in [0.2, 0.25) is 0 Å². The molecule has 2 saturated heterocycles. The minimum atomic E-state index is -0.669. The molecule has 1 aromatic carbocycles. The first kappa shape index (κ1) is 20.2. The summed E-state index contributed by atoms with van der Waals surface area (Å²) < 4.78 is 10.1. The number of aliphatic hydroxyl groups excluding tert-OH is 1. The molecule has 8 heteroatoms. The molecule has 8 nitrogen and oxygen atoms in total. The minimum absolute atomic E-state index is 0.0939. The summed E-state index contributed by atoms with van der Waals surface area (Å²) >= 11 is 0. The predicted octanol–water partition coefficient (Wildman–Crippen LogP) is 1.45. The number of ether oxygens (including phenoxy) is 2. The lowest BCUT2D eigenvalue weighted by Gasteiger charge is -2.38. The average Bonchev–Trinajstić information content (AvgIpc) is 3.43. The van der Waals surface area contributed by atoms with Crippen LogP contribution in [0.3, 0.4) is 0 Å². The van der Waals surface area contributed by atoms with Crippen LogP contribution in [0.15, 0.2) is 23.9 Å². The Labute approximate surface area is 180 Å². The number of cyclic esters (lactones) is 2. The van der Waals surface area contributed by atoms with Crippen LogP contribution >= 0.6 is 0 Å². The lowest BCUT2D eigenvalue weighted by Crippen LogP contribution is -2.45. The van der Waals surface area contributed by atoms with Gasteiger partial charge in [-0.3, -0.25) is 4.79 Å². The van der Waals surface area contributed by atoms with Gasteiger partial charge in [0.25, 0.3) is 0 Å². The molecular formula is C23H26N2O6. The van der Waals surface area contributed by atoms with Crippen LogP contribution in [0, 0.1) is 12.3 Å². The molecule has 0 aromatic heterocycles. The van der Waals surface area contributed by atoms with Gasteiger partial charge in [-0.25, -0.2) is 9.59 Å². The highest BCUT2D eigenvalue weighted by atomic mass is 16.5. The molecule has 0 radical (unpaired) electrons. The Kier molecular flexibility index (Phi) is 4.86. The van der Waals surface area contributed by atoms with Crippen molar-refractivity contribution in [2.45, 2.75) is 38.9 Å². The van der Waals surface area contributed by atoms with Crippen LogP contribution in [0.25, 0.3) is 0 Å². The summed E-state index contributed by atoms with van der Waals surface area (Å²) in [4.78, 5) is 40.1. The van der Waals surface area contributed by atoms with Crippen molar-refractivity contribution in [1.29, 1.82) is 0 Å². The number of fused-ring (bicyclic) bond motifs is 1. The predicted molar refractivity (Wildman–Crippen MR) is 109 cm³/mol. The third-order valence-electron chi connectivity index (χ3n) is 7.32. The zero-order chi connectivity index (χ0) is 21.8. The number of aliphatic hydroxyl groups is 1. The molecule has 5 rings (SSSR count). The maximum Gasteiger partial charge on any atom is 0.338 e. The molecule has 0 saturated carbocycles. The number of likely N-dealkylation sites (tertiary alicyclic amines) is 2. The average molecular weight is 426 g/mol. The van der Waals surface area contributed by atoms with Gasteiger partial charge < -0.3 is 24.4 Å². The van der Waals surface area contributed by atoms with Gasteiger partial charge in [0.2, 0.25) is 5.91 Å². The Morgan fingerprint density at radius 1 is 1.06 bits per heavy atom. The van der Waals surface area contributed by atoms with Crippen LogP contribution in [0.5, 0.6) is 0 Å². The molecule has 1 aromatic rings. The number of nitrogens with zero attached hydrogens (tertiary/aromatic N) is 2. The smallest absolute Gasteiger partial charge is 0.338 e. The minimum Gasteiger partial charge on any atom is -0.457 e. The number of carbonyl (C=O) groups excluding carboxylic acids is 3. The summed E-state index contributed by atoms with van der Waals surface area (Å²) in [7, 11) is 0. The SMILES string of the molecule is Cc1c(C(O)CN2CCC3(CC2)CCN(C2=CC(=O)OC2)C3=O)ccc2c1COC2=O. The molecule has 0 bridgehead atoms. The van der Waals surface area contributed by atoms with Crippen molar-refractivity contribution >= 4 is 17.8 Å².